The Morgan fingerprint density at radius 1 is 1.12 bits per heavy atom. The average molecular weight is 225 g/mol. The Bertz CT molecular complexity index is 298. The van der Waals surface area contributed by atoms with E-state index < -0.39 is 0 Å². The average Bonchev–Trinajstić information content (AvgIpc) is 2.75. The summed E-state index contributed by atoms with van der Waals surface area (Å²) in [6, 6.07) is 0.148. The number of aromatic nitrogens is 2. The van der Waals surface area contributed by atoms with Gasteiger partial charge in [0.05, 0.1) is 6.04 Å². The van der Waals surface area contributed by atoms with Gasteiger partial charge in [0, 0.05) is 5.92 Å². The second-order valence-corrected chi connectivity index (χ2v) is 4.34. The van der Waals surface area contributed by atoms with Crippen molar-refractivity contribution in [2.45, 2.75) is 58.9 Å². The fraction of sp³-hybridized carbons (Fsp3) is 0.833. The Kier molecular flexibility index (Phi) is 5.46. The van der Waals surface area contributed by atoms with Gasteiger partial charge in [0.25, 0.3) is 0 Å². The molecule has 0 spiro atoms. The molecule has 0 aliphatic rings. The van der Waals surface area contributed by atoms with E-state index in [9.17, 15) is 0 Å². The Balaban J connectivity index is 2.56. The predicted molar refractivity (Wildman–Crippen MR) is 64.3 cm³/mol. The molecule has 4 nitrogen and oxygen atoms in total. The van der Waals surface area contributed by atoms with E-state index in [0.717, 1.165) is 31.7 Å². The number of nitrogens with one attached hydrogen (secondary N) is 1. The van der Waals surface area contributed by atoms with Crippen molar-refractivity contribution in [3.05, 3.63) is 11.8 Å². The number of hydrogen-bond acceptors (Lipinski definition) is 4. The van der Waals surface area contributed by atoms with E-state index in [-0.39, 0.29) is 6.04 Å². The molecule has 1 aromatic rings. The van der Waals surface area contributed by atoms with Crippen molar-refractivity contribution in [1.29, 1.82) is 0 Å². The highest BCUT2D eigenvalue weighted by Crippen LogP contribution is 2.21. The molecule has 2 unspecified atom stereocenters. The van der Waals surface area contributed by atoms with E-state index in [1.807, 2.05) is 0 Å². The normalized spacial score (nSPS) is 15.0. The summed E-state index contributed by atoms with van der Waals surface area (Å²) >= 11 is 0. The zero-order chi connectivity index (χ0) is 12.0. The van der Waals surface area contributed by atoms with Crippen LogP contribution >= 0.6 is 0 Å². The van der Waals surface area contributed by atoms with Crippen LogP contribution in [0.1, 0.15) is 70.7 Å². The van der Waals surface area contributed by atoms with Crippen LogP contribution < -0.4 is 5.32 Å². The summed E-state index contributed by atoms with van der Waals surface area (Å²) in [6.07, 6.45) is 3.35. The van der Waals surface area contributed by atoms with Gasteiger partial charge >= 0.3 is 0 Å². The lowest BCUT2D eigenvalue weighted by Gasteiger charge is -2.08. The molecule has 0 radical (unpaired) electrons. The zero-order valence-electron chi connectivity index (χ0n) is 10.8. The third-order valence-electron chi connectivity index (χ3n) is 2.67. The molecule has 1 N–H and O–H groups in total. The summed E-state index contributed by atoms with van der Waals surface area (Å²) in [5.41, 5.74) is 0. The van der Waals surface area contributed by atoms with Gasteiger partial charge in [0.2, 0.25) is 11.8 Å². The molecular formula is C12H23N3O. The van der Waals surface area contributed by atoms with E-state index in [1.54, 1.807) is 0 Å². The summed E-state index contributed by atoms with van der Waals surface area (Å²) in [7, 11) is 0. The molecule has 92 valence electrons. The fourth-order valence-corrected chi connectivity index (χ4v) is 1.63. The number of hydrogen-bond donors (Lipinski definition) is 1. The van der Waals surface area contributed by atoms with Crippen LogP contribution in [0.25, 0.3) is 0 Å². The van der Waals surface area contributed by atoms with Crippen LogP contribution in [0, 0.1) is 0 Å². The molecule has 0 saturated carbocycles. The first-order valence-electron chi connectivity index (χ1n) is 6.25. The van der Waals surface area contributed by atoms with Crippen LogP contribution in [0.2, 0.25) is 0 Å². The van der Waals surface area contributed by atoms with Crippen molar-refractivity contribution in [1.82, 2.24) is 15.5 Å². The van der Waals surface area contributed by atoms with Gasteiger partial charge in [-0.1, -0.05) is 27.2 Å². The van der Waals surface area contributed by atoms with Gasteiger partial charge in [0.15, 0.2) is 0 Å². The number of nitrogens with zero attached hydrogens (tertiary/aromatic N) is 2. The Morgan fingerprint density at radius 2 is 1.81 bits per heavy atom. The third kappa shape index (κ3) is 3.59. The molecule has 0 aliphatic carbocycles. The SMILES string of the molecule is CCCNC(C)c1nnc(C(C)CCC)o1. The van der Waals surface area contributed by atoms with Crippen LogP contribution in [-0.4, -0.2) is 16.7 Å². The molecule has 0 bridgehead atoms. The Hall–Kier alpha value is -0.900. The van der Waals surface area contributed by atoms with E-state index in [0.29, 0.717) is 11.8 Å². The summed E-state index contributed by atoms with van der Waals surface area (Å²) in [4.78, 5) is 0. The number of rotatable bonds is 7. The molecule has 4 heteroatoms. The Labute approximate surface area is 97.8 Å². The summed E-state index contributed by atoms with van der Waals surface area (Å²) < 4.78 is 5.67. The molecule has 16 heavy (non-hydrogen) atoms. The lowest BCUT2D eigenvalue weighted by atomic mass is 10.1. The quantitative estimate of drug-likeness (QED) is 0.775. The van der Waals surface area contributed by atoms with Crippen molar-refractivity contribution in [2.24, 2.45) is 0 Å². The highest BCUT2D eigenvalue weighted by Gasteiger charge is 2.16. The minimum atomic E-state index is 0.148. The van der Waals surface area contributed by atoms with Gasteiger partial charge in [-0.3, -0.25) is 0 Å². The van der Waals surface area contributed by atoms with Crippen molar-refractivity contribution >= 4 is 0 Å². The lowest BCUT2D eigenvalue weighted by molar-refractivity contribution is 0.373. The second-order valence-electron chi connectivity index (χ2n) is 4.34. The monoisotopic (exact) mass is 225 g/mol. The summed E-state index contributed by atoms with van der Waals surface area (Å²) in [6.45, 7) is 9.47. The first-order chi connectivity index (χ1) is 7.69. The minimum absolute atomic E-state index is 0.148. The molecule has 2 atom stereocenters. The van der Waals surface area contributed by atoms with Crippen LogP contribution in [0.4, 0.5) is 0 Å². The molecule has 0 saturated heterocycles. The van der Waals surface area contributed by atoms with Crippen LogP contribution in [0.15, 0.2) is 4.42 Å². The van der Waals surface area contributed by atoms with E-state index in [2.05, 4.69) is 43.2 Å². The van der Waals surface area contributed by atoms with Crippen molar-refractivity contribution in [2.75, 3.05) is 6.54 Å². The van der Waals surface area contributed by atoms with E-state index >= 15 is 0 Å². The molecule has 0 aromatic carbocycles. The smallest absolute Gasteiger partial charge is 0.233 e. The van der Waals surface area contributed by atoms with Crippen LogP contribution in [0.3, 0.4) is 0 Å². The molecule has 0 amide bonds. The van der Waals surface area contributed by atoms with Crippen molar-refractivity contribution in [3.63, 3.8) is 0 Å². The van der Waals surface area contributed by atoms with Crippen molar-refractivity contribution < 1.29 is 4.42 Å². The summed E-state index contributed by atoms with van der Waals surface area (Å²) in [5.74, 6) is 1.83. The second kappa shape index (κ2) is 6.63. The predicted octanol–water partition coefficient (Wildman–Crippen LogP) is 3.03. The van der Waals surface area contributed by atoms with E-state index in [1.165, 1.54) is 0 Å². The topological polar surface area (TPSA) is 51.0 Å². The lowest BCUT2D eigenvalue weighted by Crippen LogP contribution is -2.19. The minimum Gasteiger partial charge on any atom is -0.423 e. The van der Waals surface area contributed by atoms with Crippen LogP contribution in [-0.2, 0) is 0 Å². The molecular weight excluding hydrogens is 202 g/mol. The molecule has 0 fully saturated rings. The van der Waals surface area contributed by atoms with Gasteiger partial charge in [-0.05, 0) is 26.3 Å². The maximum absolute atomic E-state index is 5.67. The molecule has 0 aliphatic heterocycles. The molecule has 1 heterocycles. The maximum atomic E-state index is 5.67. The highest BCUT2D eigenvalue weighted by molar-refractivity contribution is 4.92. The van der Waals surface area contributed by atoms with Gasteiger partial charge in [-0.15, -0.1) is 10.2 Å². The first-order valence-corrected chi connectivity index (χ1v) is 6.25. The zero-order valence-corrected chi connectivity index (χ0v) is 10.8. The molecule has 1 aromatic heterocycles. The van der Waals surface area contributed by atoms with Crippen LogP contribution in [0.5, 0.6) is 0 Å². The van der Waals surface area contributed by atoms with E-state index in [4.69, 9.17) is 4.42 Å². The standard InChI is InChI=1S/C12H23N3O/c1-5-7-9(3)11-14-15-12(16-11)10(4)13-8-6-2/h9-10,13H,5-8H2,1-4H3. The molecule has 1 rings (SSSR count). The van der Waals surface area contributed by atoms with Gasteiger partial charge in [0.1, 0.15) is 0 Å². The fourth-order valence-electron chi connectivity index (χ4n) is 1.63. The largest absolute Gasteiger partial charge is 0.423 e. The van der Waals surface area contributed by atoms with Gasteiger partial charge < -0.3 is 9.73 Å². The van der Waals surface area contributed by atoms with Crippen molar-refractivity contribution in [3.8, 4) is 0 Å². The first kappa shape index (κ1) is 13.2. The van der Waals surface area contributed by atoms with Gasteiger partial charge in [-0.25, -0.2) is 0 Å². The third-order valence-corrected chi connectivity index (χ3v) is 2.67. The maximum Gasteiger partial charge on any atom is 0.233 e. The Morgan fingerprint density at radius 3 is 2.44 bits per heavy atom. The summed E-state index contributed by atoms with van der Waals surface area (Å²) in [5, 5.41) is 11.5. The highest BCUT2D eigenvalue weighted by atomic mass is 16.4. The van der Waals surface area contributed by atoms with Gasteiger partial charge in [-0.2, -0.15) is 0 Å².